The number of carbonyl (C=O) groups is 2. The Morgan fingerprint density at radius 2 is 1.21 bits per heavy atom. The molecule has 0 aromatic rings. The minimum Gasteiger partial charge on any atom is -0.282 e. The summed E-state index contributed by atoms with van der Waals surface area (Å²) in [6, 6.07) is 0. The molecule has 0 amide bonds. The monoisotopic (exact) mass is 608 g/mol. The predicted molar refractivity (Wildman–Crippen MR) is 170 cm³/mol. The van der Waals surface area contributed by atoms with Gasteiger partial charge < -0.3 is 0 Å². The number of rotatable bonds is 12. The summed E-state index contributed by atoms with van der Waals surface area (Å²) in [5, 5.41) is 1.61. The van der Waals surface area contributed by atoms with E-state index < -0.39 is 0 Å². The summed E-state index contributed by atoms with van der Waals surface area (Å²) < 4.78 is 1.14. The molecule has 34 heavy (non-hydrogen) atoms. The zero-order valence-corrected chi connectivity index (χ0v) is 26.1. The molecule has 2 aliphatic heterocycles. The molecule has 0 N–H and O–H groups in total. The Kier molecular flexibility index (Phi) is 13.5. The minimum atomic E-state index is 0.0610. The topological polar surface area (TPSA) is 34.1 Å². The maximum Gasteiger partial charge on any atom is 0.211 e. The molecule has 4 atom stereocenters. The average molecular weight is 609 g/mol. The molecule has 1 aliphatic carbocycles. The van der Waals surface area contributed by atoms with Crippen molar-refractivity contribution in [2.24, 2.45) is 0 Å². The van der Waals surface area contributed by atoms with E-state index in [1.807, 2.05) is 47.0 Å². The maximum atomic E-state index is 11.6. The molecule has 188 valence electrons. The zero-order valence-electron chi connectivity index (χ0n) is 19.6. The highest BCUT2D eigenvalue weighted by molar-refractivity contribution is 8.26. The van der Waals surface area contributed by atoms with E-state index in [0.29, 0.717) is 9.16 Å². The Labute approximate surface area is 239 Å². The summed E-state index contributed by atoms with van der Waals surface area (Å²) in [4.78, 5) is 28.6. The Bertz CT molecular complexity index is 769. The maximum absolute atomic E-state index is 11.6. The number of allylic oxidation sites excluding steroid dienone is 2. The fourth-order valence-electron chi connectivity index (χ4n) is 3.70. The first-order valence-electron chi connectivity index (χ1n) is 11.3. The van der Waals surface area contributed by atoms with Crippen molar-refractivity contribution in [1.29, 1.82) is 0 Å². The van der Waals surface area contributed by atoms with Crippen LogP contribution in [0.1, 0.15) is 39.5 Å². The van der Waals surface area contributed by atoms with Crippen LogP contribution in [0, 0.1) is 0 Å². The van der Waals surface area contributed by atoms with Gasteiger partial charge in [-0.1, -0.05) is 49.5 Å². The van der Waals surface area contributed by atoms with E-state index in [1.54, 1.807) is 0 Å². The summed E-state index contributed by atoms with van der Waals surface area (Å²) in [5.74, 6) is 3.90. The van der Waals surface area contributed by atoms with Crippen LogP contribution in [-0.2, 0) is 9.59 Å². The summed E-state index contributed by atoms with van der Waals surface area (Å²) in [7, 11) is 0. The van der Waals surface area contributed by atoms with Crippen molar-refractivity contribution in [3.8, 4) is 0 Å². The van der Waals surface area contributed by atoms with Crippen molar-refractivity contribution in [3.63, 3.8) is 0 Å². The van der Waals surface area contributed by atoms with Gasteiger partial charge in [-0.05, 0) is 48.7 Å². The fraction of sp³-hybridized carbons (Fsp3) is 0.583. The number of hydrogen-bond acceptors (Lipinski definition) is 10. The number of carbonyl (C=O) groups excluding carboxylic acids is 2. The third kappa shape index (κ3) is 9.44. The molecule has 0 saturated heterocycles. The second kappa shape index (κ2) is 15.5. The Morgan fingerprint density at radius 1 is 0.794 bits per heavy atom. The van der Waals surface area contributed by atoms with Gasteiger partial charge in [-0.15, -0.1) is 47.0 Å². The van der Waals surface area contributed by atoms with Crippen molar-refractivity contribution in [1.82, 2.24) is 0 Å². The number of thioether (sulfide) groups is 8. The lowest BCUT2D eigenvalue weighted by Gasteiger charge is -2.32. The molecule has 0 bridgehead atoms. The zero-order chi connectivity index (χ0) is 24.5. The Morgan fingerprint density at radius 3 is 1.59 bits per heavy atom. The van der Waals surface area contributed by atoms with Gasteiger partial charge in [0.25, 0.3) is 0 Å². The summed E-state index contributed by atoms with van der Waals surface area (Å²) in [5.41, 5.74) is 0. The molecule has 1 fully saturated rings. The molecule has 1 saturated carbocycles. The van der Waals surface area contributed by atoms with Gasteiger partial charge in [0.1, 0.15) is 0 Å². The Hall–Kier alpha value is 1.10. The predicted octanol–water partition coefficient (Wildman–Crippen LogP) is 8.73. The van der Waals surface area contributed by atoms with Crippen LogP contribution < -0.4 is 0 Å². The van der Waals surface area contributed by atoms with Crippen molar-refractivity contribution < 1.29 is 9.59 Å². The molecule has 0 aromatic carbocycles. The van der Waals surface area contributed by atoms with E-state index >= 15 is 0 Å². The molecule has 10 heteroatoms. The molecule has 3 rings (SSSR count). The largest absolute Gasteiger partial charge is 0.282 e. The third-order valence-corrected chi connectivity index (χ3v) is 17.5. The van der Waals surface area contributed by atoms with Crippen LogP contribution in [0.4, 0.5) is 0 Å². The minimum absolute atomic E-state index is 0.0610. The molecule has 0 radical (unpaired) electrons. The Balaban J connectivity index is 1.40. The summed E-state index contributed by atoms with van der Waals surface area (Å²) in [6.07, 6.45) is 8.20. The van der Waals surface area contributed by atoms with E-state index in [-0.39, 0.29) is 10.2 Å². The fourth-order valence-corrected chi connectivity index (χ4v) is 15.4. The van der Waals surface area contributed by atoms with Crippen LogP contribution in [0.3, 0.4) is 0 Å². The van der Waals surface area contributed by atoms with Crippen LogP contribution in [0.5, 0.6) is 0 Å². The lowest BCUT2D eigenvalue weighted by Crippen LogP contribution is -2.26. The third-order valence-electron chi connectivity index (χ3n) is 5.51. The van der Waals surface area contributed by atoms with E-state index in [0.717, 1.165) is 22.0 Å². The van der Waals surface area contributed by atoms with Crippen LogP contribution in [-0.4, -0.2) is 52.9 Å². The van der Waals surface area contributed by atoms with Crippen molar-refractivity contribution in [3.05, 3.63) is 44.9 Å². The summed E-state index contributed by atoms with van der Waals surface area (Å²) in [6.45, 7) is 11.5. The second-order valence-corrected chi connectivity index (χ2v) is 18.5. The lowest BCUT2D eigenvalue weighted by molar-refractivity contribution is -0.107. The lowest BCUT2D eigenvalue weighted by atomic mass is 10.00. The summed E-state index contributed by atoms with van der Waals surface area (Å²) >= 11 is 15.0. The molecule has 0 aromatic heterocycles. The van der Waals surface area contributed by atoms with Crippen molar-refractivity contribution >= 4 is 104 Å². The average Bonchev–Trinajstić information content (AvgIpc) is 3.39. The van der Waals surface area contributed by atoms with E-state index in [4.69, 9.17) is 0 Å². The van der Waals surface area contributed by atoms with Crippen LogP contribution in [0.2, 0.25) is 0 Å². The molecular formula is C24H32O2S8. The van der Waals surface area contributed by atoms with E-state index in [1.165, 1.54) is 92.5 Å². The highest BCUT2D eigenvalue weighted by Gasteiger charge is 2.31. The first-order chi connectivity index (χ1) is 16.4. The van der Waals surface area contributed by atoms with Gasteiger partial charge in [-0.3, -0.25) is 9.59 Å². The van der Waals surface area contributed by atoms with Crippen molar-refractivity contribution in [2.75, 3.05) is 23.0 Å². The quantitative estimate of drug-likeness (QED) is 0.201. The normalized spacial score (nSPS) is 27.4. The number of hydrogen-bond donors (Lipinski definition) is 0. The molecule has 4 unspecified atom stereocenters. The molecule has 2 heterocycles. The van der Waals surface area contributed by atoms with E-state index in [9.17, 15) is 9.59 Å². The van der Waals surface area contributed by atoms with Gasteiger partial charge in [0.05, 0.1) is 9.16 Å². The van der Waals surface area contributed by atoms with Gasteiger partial charge >= 0.3 is 0 Å². The smallest absolute Gasteiger partial charge is 0.211 e. The highest BCUT2D eigenvalue weighted by atomic mass is 32.2. The van der Waals surface area contributed by atoms with Crippen molar-refractivity contribution in [2.45, 2.75) is 59.2 Å². The van der Waals surface area contributed by atoms with Gasteiger partial charge in [-0.2, -0.15) is 23.5 Å². The SMILES string of the molecule is C=CC(=O)SCC1=C(C)SC(CSC2CCCCC2SCC2SC(C)=C(CSC(=O)C=C)S2)S1. The van der Waals surface area contributed by atoms with Gasteiger partial charge in [0.15, 0.2) is 0 Å². The van der Waals surface area contributed by atoms with Gasteiger partial charge in [-0.25, -0.2) is 0 Å². The van der Waals surface area contributed by atoms with Gasteiger partial charge in [0, 0.05) is 43.3 Å². The second-order valence-electron chi connectivity index (χ2n) is 7.94. The molecule has 2 nitrogen and oxygen atoms in total. The van der Waals surface area contributed by atoms with Crippen LogP contribution >= 0.6 is 94.1 Å². The highest BCUT2D eigenvalue weighted by Crippen LogP contribution is 2.51. The van der Waals surface area contributed by atoms with Gasteiger partial charge in [0.2, 0.25) is 10.2 Å². The van der Waals surface area contributed by atoms with Crippen LogP contribution in [0.15, 0.2) is 44.9 Å². The molecular weight excluding hydrogens is 577 g/mol. The molecule has 0 spiro atoms. The molecule has 3 aliphatic rings. The first-order valence-corrected chi connectivity index (χ1v) is 18.9. The standard InChI is InChI=1S/C24H32O2S8/c1-5-21(25)29-11-19-15(3)31-23(33-19)13-27-17-9-7-8-10-18(17)28-14-24-32-16(4)20(34-24)12-30-22(26)6-2/h5-6,17-18,23-24H,1-2,7-14H2,3-4H3. The van der Waals surface area contributed by atoms with E-state index in [2.05, 4.69) is 50.5 Å². The first kappa shape index (κ1) is 29.7. The van der Waals surface area contributed by atoms with Crippen LogP contribution in [0.25, 0.3) is 0 Å².